The van der Waals surface area contributed by atoms with Crippen LogP contribution in [0.5, 0.6) is 0 Å². The van der Waals surface area contributed by atoms with Gasteiger partial charge in [-0.1, -0.05) is 25.7 Å². The molecule has 0 aliphatic rings. The Labute approximate surface area is 430 Å². The highest BCUT2D eigenvalue weighted by atomic mass is 32.2. The molecule has 2 aromatic carbocycles. The number of benzene rings is 2. The predicted molar refractivity (Wildman–Crippen MR) is 289 cm³/mol. The molecule has 32 nitrogen and oxygen atoms in total. The summed E-state index contributed by atoms with van der Waals surface area (Å²) in [5, 5.41) is 36.8. The second kappa shape index (κ2) is 35.0. The van der Waals surface area contributed by atoms with E-state index in [4.69, 9.17) is 64.1 Å². The lowest BCUT2D eigenvalue weighted by Gasteiger charge is -2.11. The molecule has 22 N–H and O–H groups in total. The van der Waals surface area contributed by atoms with E-state index < -0.39 is 40.5 Å². The van der Waals surface area contributed by atoms with Crippen LogP contribution in [0.3, 0.4) is 0 Å². The number of guanidine groups is 4. The van der Waals surface area contributed by atoms with Gasteiger partial charge in [0.1, 0.15) is 0 Å². The Hall–Kier alpha value is -7.22. The molecule has 0 saturated heterocycles. The molecule has 0 aliphatic carbocycles. The van der Waals surface area contributed by atoms with Crippen molar-refractivity contribution < 1.29 is 61.5 Å². The number of hydrogen-bond acceptors (Lipinski definition) is 18. The lowest BCUT2D eigenvalue weighted by molar-refractivity contribution is -0.117. The molecule has 74 heavy (non-hydrogen) atoms. The monoisotopic (exact) mass is 1130 g/mol. The number of nitrogens with two attached hydrogens (primary N) is 8. The summed E-state index contributed by atoms with van der Waals surface area (Å²) in [4.78, 5) is 25.7. The van der Waals surface area contributed by atoms with Crippen molar-refractivity contribution in [3.8, 4) is 0 Å². The molecule has 418 valence electrons. The van der Waals surface area contributed by atoms with E-state index in [-0.39, 0.29) is 35.7 Å². The van der Waals surface area contributed by atoms with Gasteiger partial charge >= 0.3 is 0 Å². The Balaban J connectivity index is -0.00000212. The molecule has 2 aromatic rings. The summed E-state index contributed by atoms with van der Waals surface area (Å²) in [6.45, 7) is 6.92. The molecule has 2 amide bonds. The van der Waals surface area contributed by atoms with Gasteiger partial charge in [-0.3, -0.25) is 27.8 Å². The third-order valence-electron chi connectivity index (χ3n) is 7.42. The standard InChI is InChI=1S/C34H52N18O2.4CH4O3S/c1-19(45-49-31(35)36)23-13-24(20(2)46-50-32(37)38)16-27(15-23)43-29(53)11-9-7-5-6-8-10-12-30(54)44-28-17-25(21(3)47-51-33(39)40)14-26(18-28)22(4)48-52-34(41)42;4*1-5(2,3)4/h13-18H,5-12H2,1-4H3,(H,43,53)(H,44,54)(H4,35,36,49)(H4,37,38,50)(H4,39,40,51)(H4,41,42,52);4*1H3,(H,2,3,4). The fraction of sp³-hybridized carbons (Fsp3) is 0.421. The summed E-state index contributed by atoms with van der Waals surface area (Å²) < 4.78 is 103. The molecule has 0 bridgehead atoms. The van der Waals surface area contributed by atoms with E-state index >= 15 is 0 Å². The van der Waals surface area contributed by atoms with E-state index in [0.717, 1.165) is 25.7 Å². The molecule has 0 saturated carbocycles. The smallest absolute Gasteiger partial charge is 0.261 e. The Morgan fingerprint density at radius 1 is 0.378 bits per heavy atom. The maximum atomic E-state index is 12.8. The van der Waals surface area contributed by atoms with Gasteiger partial charge in [-0.05, 0) is 76.9 Å². The third-order valence-corrected chi connectivity index (χ3v) is 7.42. The second-order valence-electron chi connectivity index (χ2n) is 15.1. The van der Waals surface area contributed by atoms with Crippen LogP contribution >= 0.6 is 0 Å². The highest BCUT2D eigenvalue weighted by molar-refractivity contribution is 7.85. The van der Waals surface area contributed by atoms with Crippen LogP contribution in [0.1, 0.15) is 101 Å². The van der Waals surface area contributed by atoms with Crippen LogP contribution in [0.25, 0.3) is 0 Å². The number of hydrogen-bond donors (Lipinski definition) is 14. The van der Waals surface area contributed by atoms with Crippen LogP contribution in [0, 0.1) is 0 Å². The summed E-state index contributed by atoms with van der Waals surface area (Å²) in [5.41, 5.74) is 49.0. The van der Waals surface area contributed by atoms with Gasteiger partial charge in [-0.25, -0.2) is 0 Å². The van der Waals surface area contributed by atoms with Gasteiger partial charge in [0.25, 0.3) is 40.5 Å². The number of carbonyl (C=O) groups is 2. The second-order valence-corrected chi connectivity index (χ2v) is 21.0. The zero-order valence-electron chi connectivity index (χ0n) is 41.8. The normalized spacial score (nSPS) is 11.9. The topological polar surface area (TPSA) is 583 Å². The van der Waals surface area contributed by atoms with E-state index in [1.165, 1.54) is 0 Å². The molecule has 0 spiro atoms. The van der Waals surface area contributed by atoms with Crippen molar-refractivity contribution in [2.75, 3.05) is 35.7 Å². The Morgan fingerprint density at radius 3 is 0.730 bits per heavy atom. The van der Waals surface area contributed by atoms with Crippen LogP contribution in [0.15, 0.2) is 77.2 Å². The van der Waals surface area contributed by atoms with Crippen molar-refractivity contribution in [2.24, 2.45) is 86.7 Å². The third kappa shape index (κ3) is 51.1. The number of nitrogens with one attached hydrogen (secondary N) is 2. The molecule has 2 rings (SSSR count). The van der Waals surface area contributed by atoms with E-state index in [1.54, 1.807) is 64.1 Å². The van der Waals surface area contributed by atoms with Gasteiger partial charge in [0.2, 0.25) is 35.7 Å². The maximum Gasteiger partial charge on any atom is 0.261 e. The molecule has 0 unspecified atom stereocenters. The molecule has 36 heteroatoms. The first kappa shape index (κ1) is 71.0. The van der Waals surface area contributed by atoms with Crippen molar-refractivity contribution in [3.05, 3.63) is 58.7 Å². The van der Waals surface area contributed by atoms with Gasteiger partial charge < -0.3 is 56.5 Å². The Kier molecular flexibility index (Phi) is 33.6. The molecular weight excluding hydrogens is 1060 g/mol. The lowest BCUT2D eigenvalue weighted by Crippen LogP contribution is -2.22. The quantitative estimate of drug-likeness (QED) is 0.0274. The fourth-order valence-corrected chi connectivity index (χ4v) is 4.72. The average molecular weight is 1130 g/mol. The van der Waals surface area contributed by atoms with E-state index in [1.807, 2.05) is 0 Å². The zero-order chi connectivity index (χ0) is 58.2. The van der Waals surface area contributed by atoms with Crippen LogP contribution < -0.4 is 56.5 Å². The highest BCUT2D eigenvalue weighted by Gasteiger charge is 2.12. The molecular formula is C38H68N18O14S4. The van der Waals surface area contributed by atoms with Crippen molar-refractivity contribution in [1.82, 2.24) is 0 Å². The highest BCUT2D eigenvalue weighted by Crippen LogP contribution is 2.20. The number of nitrogens with zero attached hydrogens (tertiary/aromatic N) is 8. The summed E-state index contributed by atoms with van der Waals surface area (Å²) >= 11 is 0. The molecule has 0 fully saturated rings. The zero-order valence-corrected chi connectivity index (χ0v) is 45.1. The van der Waals surface area contributed by atoms with E-state index in [9.17, 15) is 43.3 Å². The minimum absolute atomic E-state index is 0.143. The minimum atomic E-state index is -3.67. The number of carbonyl (C=O) groups excluding carboxylic acids is 2. The van der Waals surface area contributed by atoms with E-state index in [0.29, 0.717) is 107 Å². The number of amides is 2. The average Bonchev–Trinajstić information content (AvgIpc) is 3.21. The molecule has 0 aromatic heterocycles. The van der Waals surface area contributed by atoms with Gasteiger partial charge in [0.15, 0.2) is 0 Å². The summed E-state index contributed by atoms with van der Waals surface area (Å²) in [6, 6.07) is 10.7. The predicted octanol–water partition coefficient (Wildman–Crippen LogP) is -0.610. The van der Waals surface area contributed by atoms with Crippen LogP contribution in [-0.2, 0) is 50.1 Å². The van der Waals surface area contributed by atoms with Gasteiger partial charge in [0, 0.05) is 46.5 Å². The van der Waals surface area contributed by atoms with Crippen molar-refractivity contribution in [3.63, 3.8) is 0 Å². The SMILES string of the molecule is CC(=NN=C(N)N)c1cc(NC(=O)CCCCCCCCC(=O)Nc2cc(C(C)=NN=C(N)N)cc(C(C)=NN=C(N)N)c2)cc(C(C)=NN=C(N)N)c1.CS(=O)(=O)O.CS(=O)(=O)O.CS(=O)(=O)O.CS(=O)(=O)O. The van der Waals surface area contributed by atoms with Crippen LogP contribution in [-0.4, -0.2) is 135 Å². The molecule has 0 aliphatic heterocycles. The van der Waals surface area contributed by atoms with Gasteiger partial charge in [-0.15, -0.1) is 20.4 Å². The lowest BCUT2D eigenvalue weighted by atomic mass is 10.0. The van der Waals surface area contributed by atoms with Gasteiger partial charge in [0.05, 0.1) is 47.9 Å². The minimum Gasteiger partial charge on any atom is -0.369 e. The Bertz CT molecular complexity index is 2500. The molecule has 0 radical (unpaired) electrons. The van der Waals surface area contributed by atoms with Crippen molar-refractivity contribution in [1.29, 1.82) is 0 Å². The molecule has 0 heterocycles. The fourth-order valence-electron chi connectivity index (χ4n) is 4.72. The first-order chi connectivity index (χ1) is 33.5. The number of rotatable bonds is 19. The maximum absolute atomic E-state index is 12.8. The number of anilines is 2. The first-order valence-corrected chi connectivity index (χ1v) is 28.1. The first-order valence-electron chi connectivity index (χ1n) is 20.7. The summed E-state index contributed by atoms with van der Waals surface area (Å²) in [6.07, 6.45) is 8.48. The van der Waals surface area contributed by atoms with E-state index in [2.05, 4.69) is 51.4 Å². The summed E-state index contributed by atoms with van der Waals surface area (Å²) in [7, 11) is -14.7. The largest absolute Gasteiger partial charge is 0.369 e. The molecule has 0 atom stereocenters. The summed E-state index contributed by atoms with van der Waals surface area (Å²) in [5.74, 6) is -1.03. The van der Waals surface area contributed by atoms with Crippen molar-refractivity contribution >= 4 is 110 Å². The van der Waals surface area contributed by atoms with Crippen LogP contribution in [0.4, 0.5) is 11.4 Å². The van der Waals surface area contributed by atoms with Gasteiger partial charge in [-0.2, -0.15) is 54.1 Å². The van der Waals surface area contributed by atoms with Crippen LogP contribution in [0.2, 0.25) is 0 Å². The Morgan fingerprint density at radius 2 is 0.554 bits per heavy atom. The number of unbranched alkanes of at least 4 members (excludes halogenated alkanes) is 5. The van der Waals surface area contributed by atoms with Crippen molar-refractivity contribution in [2.45, 2.75) is 79.1 Å².